The molecule has 1 fully saturated rings. The number of ether oxygens (including phenoxy) is 1. The second-order valence-electron chi connectivity index (χ2n) is 4.24. The molecule has 10 heteroatoms. The largest absolute Gasteiger partial charge is 0.379 e. The number of hydrogen-bond donors (Lipinski definition) is 3. The third-order valence-electron chi connectivity index (χ3n) is 2.67. The number of thiocarbonyl (C=S) groups is 1. The molecule has 116 valence electrons. The van der Waals surface area contributed by atoms with Gasteiger partial charge in [-0.05, 0) is 48.4 Å². The summed E-state index contributed by atoms with van der Waals surface area (Å²) < 4.78 is 30.2. The number of benzene rings is 1. The van der Waals surface area contributed by atoms with Gasteiger partial charge >= 0.3 is 0 Å². The Hall–Kier alpha value is -0.910. The van der Waals surface area contributed by atoms with Gasteiger partial charge in [-0.25, -0.2) is 17.9 Å². The van der Waals surface area contributed by atoms with Crippen LogP contribution < -0.4 is 16.0 Å². The normalized spacial score (nSPS) is 16.4. The van der Waals surface area contributed by atoms with Crippen LogP contribution in [0.4, 0.5) is 5.69 Å². The van der Waals surface area contributed by atoms with E-state index in [4.69, 9.17) is 22.1 Å². The Morgan fingerprint density at radius 3 is 2.48 bits per heavy atom. The molecule has 0 unspecified atom stereocenters. The van der Waals surface area contributed by atoms with E-state index in [0.29, 0.717) is 23.2 Å². The topological polar surface area (TPSA) is 96.7 Å². The Labute approximate surface area is 133 Å². The van der Waals surface area contributed by atoms with Crippen LogP contribution in [0.1, 0.15) is 0 Å². The molecule has 1 aromatic rings. The summed E-state index contributed by atoms with van der Waals surface area (Å²) in [5, 5.41) is 5.03. The van der Waals surface area contributed by atoms with Gasteiger partial charge in [0.1, 0.15) is 0 Å². The molecule has 1 aliphatic heterocycles. The van der Waals surface area contributed by atoms with Crippen molar-refractivity contribution in [2.45, 2.75) is 4.90 Å². The maximum atomic E-state index is 11.1. The first kappa shape index (κ1) is 16.5. The summed E-state index contributed by atoms with van der Waals surface area (Å²) in [6, 6.07) is 6.07. The molecule has 0 spiro atoms. The minimum atomic E-state index is -3.67. The summed E-state index contributed by atoms with van der Waals surface area (Å²) >= 11 is 6.65. The molecule has 1 aromatic carbocycles. The van der Waals surface area contributed by atoms with Crippen LogP contribution in [-0.2, 0) is 14.8 Å². The SMILES string of the molecule is NS(=O)(=O)c1ccc(NNC(=S)SN2CCOCC2)cc1. The Morgan fingerprint density at radius 1 is 1.29 bits per heavy atom. The third-order valence-corrected chi connectivity index (χ3v) is 4.82. The number of sulfonamides is 1. The molecular weight excluding hydrogens is 332 g/mol. The lowest BCUT2D eigenvalue weighted by molar-refractivity contribution is 0.0777. The molecule has 0 radical (unpaired) electrons. The number of nitrogens with one attached hydrogen (secondary N) is 2. The first-order chi connectivity index (χ1) is 9.95. The van der Waals surface area contributed by atoms with E-state index in [9.17, 15) is 8.42 Å². The highest BCUT2D eigenvalue weighted by Crippen LogP contribution is 2.14. The predicted octanol–water partition coefficient (Wildman–Crippen LogP) is 0.516. The van der Waals surface area contributed by atoms with Crippen molar-refractivity contribution in [2.75, 3.05) is 31.7 Å². The van der Waals surface area contributed by atoms with Gasteiger partial charge in [0.05, 0.1) is 23.8 Å². The van der Waals surface area contributed by atoms with Crippen molar-refractivity contribution in [1.82, 2.24) is 9.73 Å². The van der Waals surface area contributed by atoms with Crippen LogP contribution in [0.3, 0.4) is 0 Å². The molecule has 0 bridgehead atoms. The minimum absolute atomic E-state index is 0.0679. The van der Waals surface area contributed by atoms with Gasteiger partial charge in [-0.2, -0.15) is 0 Å². The van der Waals surface area contributed by atoms with Crippen molar-refractivity contribution in [1.29, 1.82) is 0 Å². The van der Waals surface area contributed by atoms with Crippen LogP contribution in [0.15, 0.2) is 29.2 Å². The highest BCUT2D eigenvalue weighted by molar-refractivity contribution is 8.21. The van der Waals surface area contributed by atoms with E-state index >= 15 is 0 Å². The van der Waals surface area contributed by atoms with Crippen LogP contribution >= 0.6 is 24.2 Å². The van der Waals surface area contributed by atoms with E-state index in [0.717, 1.165) is 13.1 Å². The zero-order valence-electron chi connectivity index (χ0n) is 11.1. The van der Waals surface area contributed by atoms with Crippen LogP contribution in [-0.4, -0.2) is 43.3 Å². The van der Waals surface area contributed by atoms with Gasteiger partial charge in [0.25, 0.3) is 0 Å². The first-order valence-corrected chi connectivity index (χ1v) is 8.87. The van der Waals surface area contributed by atoms with Crippen molar-refractivity contribution in [2.24, 2.45) is 5.14 Å². The fourth-order valence-corrected chi connectivity index (χ4v) is 3.17. The highest BCUT2D eigenvalue weighted by atomic mass is 32.2. The monoisotopic (exact) mass is 348 g/mol. The molecule has 7 nitrogen and oxygen atoms in total. The number of rotatable bonds is 4. The number of nitrogens with zero attached hydrogens (tertiary/aromatic N) is 1. The molecule has 0 aliphatic carbocycles. The summed E-state index contributed by atoms with van der Waals surface area (Å²) in [6.07, 6.45) is 0. The van der Waals surface area contributed by atoms with Gasteiger partial charge < -0.3 is 4.74 Å². The average Bonchev–Trinajstić information content (AvgIpc) is 2.46. The molecule has 0 atom stereocenters. The third kappa shape index (κ3) is 5.41. The van der Waals surface area contributed by atoms with Crippen molar-refractivity contribution in [3.05, 3.63) is 24.3 Å². The Kier molecular flexibility index (Phi) is 5.79. The van der Waals surface area contributed by atoms with Crippen LogP contribution in [0.2, 0.25) is 0 Å². The van der Waals surface area contributed by atoms with Crippen LogP contribution in [0.25, 0.3) is 0 Å². The van der Waals surface area contributed by atoms with Crippen molar-refractivity contribution < 1.29 is 13.2 Å². The molecule has 2 rings (SSSR count). The van der Waals surface area contributed by atoms with Crippen molar-refractivity contribution in [3.8, 4) is 0 Å². The molecule has 21 heavy (non-hydrogen) atoms. The van der Waals surface area contributed by atoms with E-state index in [2.05, 4.69) is 15.2 Å². The van der Waals surface area contributed by atoms with E-state index in [1.807, 2.05) is 0 Å². The molecule has 1 saturated heterocycles. The summed E-state index contributed by atoms with van der Waals surface area (Å²) in [6.45, 7) is 3.07. The zero-order valence-corrected chi connectivity index (χ0v) is 13.6. The van der Waals surface area contributed by atoms with Crippen molar-refractivity contribution in [3.63, 3.8) is 0 Å². The lowest BCUT2D eigenvalue weighted by Crippen LogP contribution is -2.35. The predicted molar refractivity (Wildman–Crippen MR) is 87.2 cm³/mol. The lowest BCUT2D eigenvalue weighted by atomic mass is 10.3. The number of hydrazine groups is 1. The van der Waals surface area contributed by atoms with Crippen molar-refractivity contribution >= 4 is 44.2 Å². The maximum absolute atomic E-state index is 11.1. The van der Waals surface area contributed by atoms with Gasteiger partial charge in [0.2, 0.25) is 10.0 Å². The summed E-state index contributed by atoms with van der Waals surface area (Å²) in [4.78, 5) is 0.0679. The van der Waals surface area contributed by atoms with Gasteiger partial charge in [-0.1, -0.05) is 0 Å². The van der Waals surface area contributed by atoms with Gasteiger partial charge in [0, 0.05) is 13.1 Å². The quantitative estimate of drug-likeness (QED) is 0.412. The molecule has 0 aromatic heterocycles. The summed E-state index contributed by atoms with van der Waals surface area (Å²) in [5.74, 6) is 0. The lowest BCUT2D eigenvalue weighted by Gasteiger charge is -2.25. The fraction of sp³-hybridized carbons (Fsp3) is 0.364. The summed E-state index contributed by atoms with van der Waals surface area (Å²) in [5.41, 5.74) is 6.48. The van der Waals surface area contributed by atoms with E-state index in [1.165, 1.54) is 24.1 Å². The molecule has 1 aliphatic rings. The second-order valence-corrected chi connectivity index (χ2v) is 7.57. The smallest absolute Gasteiger partial charge is 0.238 e. The Morgan fingerprint density at radius 2 is 1.90 bits per heavy atom. The average molecular weight is 348 g/mol. The number of hydrogen-bond acceptors (Lipinski definition) is 7. The van der Waals surface area contributed by atoms with Gasteiger partial charge in [-0.3, -0.25) is 10.9 Å². The Balaban J connectivity index is 1.81. The standard InChI is InChI=1S/C11H16N4O3S3/c12-21(16,17)10-3-1-9(2-4-10)13-14-11(19)20-15-5-7-18-8-6-15/h1-4,13H,5-8H2,(H,14,19)(H2,12,16,17). The summed E-state index contributed by atoms with van der Waals surface area (Å²) in [7, 11) is -3.67. The Bertz CT molecular complexity index is 585. The number of primary sulfonamides is 1. The molecular formula is C11H16N4O3S3. The number of anilines is 1. The van der Waals surface area contributed by atoms with Gasteiger partial charge in [0.15, 0.2) is 4.32 Å². The minimum Gasteiger partial charge on any atom is -0.379 e. The molecule has 4 N–H and O–H groups in total. The first-order valence-electron chi connectivity index (χ1n) is 6.15. The van der Waals surface area contributed by atoms with Gasteiger partial charge in [-0.15, -0.1) is 0 Å². The van der Waals surface area contributed by atoms with Crippen LogP contribution in [0.5, 0.6) is 0 Å². The highest BCUT2D eigenvalue weighted by Gasteiger charge is 2.13. The molecule has 0 amide bonds. The van der Waals surface area contributed by atoms with E-state index in [1.54, 1.807) is 12.1 Å². The van der Waals surface area contributed by atoms with E-state index in [-0.39, 0.29) is 4.90 Å². The maximum Gasteiger partial charge on any atom is 0.238 e. The molecule has 0 saturated carbocycles. The molecule has 1 heterocycles. The van der Waals surface area contributed by atoms with E-state index < -0.39 is 10.0 Å². The van der Waals surface area contributed by atoms with Crippen LogP contribution in [0, 0.1) is 0 Å². The number of morpholine rings is 1. The zero-order chi connectivity index (χ0) is 15.3. The fourth-order valence-electron chi connectivity index (χ4n) is 1.63. The second kappa shape index (κ2) is 7.38. The number of nitrogens with two attached hydrogens (primary N) is 1.